The summed E-state index contributed by atoms with van der Waals surface area (Å²) < 4.78 is 11.3. The molecule has 2 amide bonds. The number of methoxy groups -OCH3 is 2. The SMILES string of the molecule is COc1cc(/C=C2\SC(=O)N(c3cccc(Cl)c3)C2=O)cc(Br)c1OC. The number of thioether (sulfide) groups is 1. The monoisotopic (exact) mass is 453 g/mol. The number of halogens is 2. The fourth-order valence-electron chi connectivity index (χ4n) is 2.48. The van der Waals surface area contributed by atoms with Crippen molar-refractivity contribution in [2.45, 2.75) is 0 Å². The van der Waals surface area contributed by atoms with Crippen molar-refractivity contribution in [1.82, 2.24) is 0 Å². The van der Waals surface area contributed by atoms with Gasteiger partial charge in [0.25, 0.3) is 11.1 Å². The van der Waals surface area contributed by atoms with Crippen LogP contribution in [0.2, 0.25) is 5.02 Å². The summed E-state index contributed by atoms with van der Waals surface area (Å²) in [5, 5.41) is 0.0809. The van der Waals surface area contributed by atoms with Crippen LogP contribution in [-0.4, -0.2) is 25.4 Å². The van der Waals surface area contributed by atoms with Gasteiger partial charge in [-0.2, -0.15) is 0 Å². The van der Waals surface area contributed by atoms with Crippen LogP contribution in [0.1, 0.15) is 5.56 Å². The molecule has 0 N–H and O–H groups in total. The maximum absolute atomic E-state index is 12.7. The number of hydrogen-bond donors (Lipinski definition) is 0. The molecule has 26 heavy (non-hydrogen) atoms. The molecule has 3 rings (SSSR count). The van der Waals surface area contributed by atoms with Crippen LogP contribution in [0.25, 0.3) is 6.08 Å². The number of imide groups is 1. The standard InChI is InChI=1S/C18H13BrClNO4S/c1-24-14-7-10(6-13(19)16(14)25-2)8-15-17(22)21(18(23)26-15)12-5-3-4-11(20)9-12/h3-9H,1-2H3/b15-8-. The normalized spacial score (nSPS) is 15.7. The molecule has 2 aromatic rings. The fraction of sp³-hybridized carbons (Fsp3) is 0.111. The Labute approximate surface area is 168 Å². The molecule has 5 nitrogen and oxygen atoms in total. The predicted octanol–water partition coefficient (Wildman–Crippen LogP) is 5.36. The molecule has 1 fully saturated rings. The van der Waals surface area contributed by atoms with E-state index in [9.17, 15) is 9.59 Å². The van der Waals surface area contributed by atoms with Gasteiger partial charge in [0.05, 0.1) is 29.3 Å². The first kappa shape index (κ1) is 18.8. The van der Waals surface area contributed by atoms with Gasteiger partial charge in [-0.05, 0) is 69.7 Å². The summed E-state index contributed by atoms with van der Waals surface area (Å²) in [5.74, 6) is 0.673. The van der Waals surface area contributed by atoms with Gasteiger partial charge in [-0.1, -0.05) is 17.7 Å². The lowest BCUT2D eigenvalue weighted by Gasteiger charge is -2.12. The number of hydrogen-bond acceptors (Lipinski definition) is 5. The average Bonchev–Trinajstić information content (AvgIpc) is 2.88. The van der Waals surface area contributed by atoms with E-state index in [1.165, 1.54) is 7.11 Å². The number of amides is 2. The van der Waals surface area contributed by atoms with Crippen LogP contribution in [-0.2, 0) is 4.79 Å². The third-order valence-corrected chi connectivity index (χ3v) is 5.31. The van der Waals surface area contributed by atoms with E-state index in [4.69, 9.17) is 21.1 Å². The van der Waals surface area contributed by atoms with Crippen molar-refractivity contribution in [2.24, 2.45) is 0 Å². The molecular weight excluding hydrogens is 442 g/mol. The largest absolute Gasteiger partial charge is 0.493 e. The summed E-state index contributed by atoms with van der Waals surface area (Å²) in [7, 11) is 3.07. The van der Waals surface area contributed by atoms with Crippen LogP contribution >= 0.6 is 39.3 Å². The predicted molar refractivity (Wildman–Crippen MR) is 107 cm³/mol. The van der Waals surface area contributed by atoms with Crippen molar-refractivity contribution >= 4 is 62.2 Å². The molecule has 0 aliphatic carbocycles. The van der Waals surface area contributed by atoms with E-state index >= 15 is 0 Å². The van der Waals surface area contributed by atoms with E-state index in [0.717, 1.165) is 16.7 Å². The van der Waals surface area contributed by atoms with Crippen molar-refractivity contribution < 1.29 is 19.1 Å². The number of ether oxygens (including phenoxy) is 2. The van der Waals surface area contributed by atoms with Crippen LogP contribution in [0.5, 0.6) is 11.5 Å². The zero-order chi connectivity index (χ0) is 18.8. The van der Waals surface area contributed by atoms with E-state index < -0.39 is 5.91 Å². The molecule has 0 bridgehead atoms. The second-order valence-corrected chi connectivity index (χ2v) is 7.52. The highest BCUT2D eigenvalue weighted by atomic mass is 79.9. The first-order valence-electron chi connectivity index (χ1n) is 7.39. The molecule has 0 spiro atoms. The van der Waals surface area contributed by atoms with Gasteiger partial charge < -0.3 is 9.47 Å². The number of carbonyl (C=O) groups excluding carboxylic acids is 2. The summed E-state index contributed by atoms with van der Waals surface area (Å²) in [6.45, 7) is 0. The molecule has 1 heterocycles. The van der Waals surface area contributed by atoms with Gasteiger partial charge in [-0.15, -0.1) is 0 Å². The van der Waals surface area contributed by atoms with Gasteiger partial charge in [-0.3, -0.25) is 9.59 Å². The lowest BCUT2D eigenvalue weighted by molar-refractivity contribution is -0.113. The Kier molecular flexibility index (Phi) is 5.60. The van der Waals surface area contributed by atoms with E-state index in [2.05, 4.69) is 15.9 Å². The lowest BCUT2D eigenvalue weighted by atomic mass is 10.2. The molecule has 8 heteroatoms. The summed E-state index contributed by atoms with van der Waals surface area (Å²) in [5.41, 5.74) is 1.14. The van der Waals surface area contributed by atoms with Crippen molar-refractivity contribution in [1.29, 1.82) is 0 Å². The van der Waals surface area contributed by atoms with Gasteiger partial charge >= 0.3 is 0 Å². The van der Waals surface area contributed by atoms with Crippen molar-refractivity contribution in [3.05, 3.63) is 56.4 Å². The van der Waals surface area contributed by atoms with Gasteiger partial charge in [-0.25, -0.2) is 4.90 Å². The first-order valence-corrected chi connectivity index (χ1v) is 9.38. The Morgan fingerprint density at radius 1 is 1.15 bits per heavy atom. The zero-order valence-electron chi connectivity index (χ0n) is 13.8. The first-order chi connectivity index (χ1) is 12.4. The Morgan fingerprint density at radius 3 is 2.58 bits per heavy atom. The smallest absolute Gasteiger partial charge is 0.298 e. The average molecular weight is 455 g/mol. The van der Waals surface area contributed by atoms with Gasteiger partial charge in [0, 0.05) is 5.02 Å². The lowest BCUT2D eigenvalue weighted by Crippen LogP contribution is -2.27. The summed E-state index contributed by atoms with van der Waals surface area (Å²) in [6.07, 6.45) is 1.64. The highest BCUT2D eigenvalue weighted by Crippen LogP contribution is 2.40. The van der Waals surface area contributed by atoms with Crippen LogP contribution in [0.4, 0.5) is 10.5 Å². The zero-order valence-corrected chi connectivity index (χ0v) is 16.9. The number of anilines is 1. The number of benzene rings is 2. The molecule has 1 aliphatic heterocycles. The molecule has 1 saturated heterocycles. The quantitative estimate of drug-likeness (QED) is 0.582. The Bertz CT molecular complexity index is 931. The maximum Gasteiger partial charge on any atom is 0.298 e. The second-order valence-electron chi connectivity index (χ2n) is 5.24. The minimum Gasteiger partial charge on any atom is -0.493 e. The van der Waals surface area contributed by atoms with E-state index in [0.29, 0.717) is 37.2 Å². The third kappa shape index (κ3) is 3.60. The van der Waals surface area contributed by atoms with Crippen LogP contribution in [0, 0.1) is 0 Å². The molecule has 0 saturated carbocycles. The minimum absolute atomic E-state index is 0.314. The molecule has 0 aromatic heterocycles. The molecule has 0 unspecified atom stereocenters. The Hall–Kier alpha value is -1.96. The van der Waals surface area contributed by atoms with Crippen molar-refractivity contribution in [3.8, 4) is 11.5 Å². The highest BCUT2D eigenvalue weighted by Gasteiger charge is 2.36. The summed E-state index contributed by atoms with van der Waals surface area (Å²) in [4.78, 5) is 26.4. The molecule has 134 valence electrons. The van der Waals surface area contributed by atoms with Gasteiger partial charge in [0.15, 0.2) is 11.5 Å². The number of carbonyl (C=O) groups is 2. The molecule has 0 radical (unpaired) electrons. The fourth-order valence-corrected chi connectivity index (χ4v) is 4.13. The topological polar surface area (TPSA) is 55.8 Å². The van der Waals surface area contributed by atoms with E-state index in [1.807, 2.05) is 0 Å². The minimum atomic E-state index is -0.395. The summed E-state index contributed by atoms with van der Waals surface area (Å²) >= 11 is 10.3. The maximum atomic E-state index is 12.7. The third-order valence-electron chi connectivity index (χ3n) is 3.61. The van der Waals surface area contributed by atoms with Gasteiger partial charge in [0.2, 0.25) is 0 Å². The molecule has 2 aromatic carbocycles. The molecule has 1 aliphatic rings. The van der Waals surface area contributed by atoms with Crippen LogP contribution < -0.4 is 14.4 Å². The molecule has 0 atom stereocenters. The second kappa shape index (κ2) is 7.73. The summed E-state index contributed by atoms with van der Waals surface area (Å²) in [6, 6.07) is 10.1. The van der Waals surface area contributed by atoms with Crippen LogP contribution in [0.15, 0.2) is 45.8 Å². The number of rotatable bonds is 4. The van der Waals surface area contributed by atoms with Crippen molar-refractivity contribution in [2.75, 3.05) is 19.1 Å². The van der Waals surface area contributed by atoms with Crippen molar-refractivity contribution in [3.63, 3.8) is 0 Å². The molecular formula is C18H13BrClNO4S. The van der Waals surface area contributed by atoms with E-state index in [-0.39, 0.29) is 5.24 Å². The van der Waals surface area contributed by atoms with Crippen LogP contribution in [0.3, 0.4) is 0 Å². The Balaban J connectivity index is 1.97. The highest BCUT2D eigenvalue weighted by molar-refractivity contribution is 9.10. The van der Waals surface area contributed by atoms with E-state index in [1.54, 1.807) is 49.6 Å². The van der Waals surface area contributed by atoms with Gasteiger partial charge in [0.1, 0.15) is 0 Å². The Morgan fingerprint density at radius 2 is 1.92 bits per heavy atom. The number of nitrogens with zero attached hydrogens (tertiary/aromatic N) is 1.